The van der Waals surface area contributed by atoms with Crippen molar-refractivity contribution in [3.8, 4) is 11.5 Å². The molecule has 4 nitrogen and oxygen atoms in total. The third kappa shape index (κ3) is 3.23. The first-order chi connectivity index (χ1) is 10.6. The van der Waals surface area contributed by atoms with E-state index in [4.69, 9.17) is 15.2 Å². The third-order valence-electron chi connectivity index (χ3n) is 5.13. The van der Waals surface area contributed by atoms with Crippen molar-refractivity contribution in [2.24, 2.45) is 5.73 Å². The quantitative estimate of drug-likeness (QED) is 0.929. The van der Waals surface area contributed by atoms with Gasteiger partial charge in [0.25, 0.3) is 0 Å². The van der Waals surface area contributed by atoms with Crippen LogP contribution in [0.1, 0.15) is 44.1 Å². The summed E-state index contributed by atoms with van der Waals surface area (Å²) in [5.41, 5.74) is 7.66. The van der Waals surface area contributed by atoms with Gasteiger partial charge in [0, 0.05) is 18.6 Å². The van der Waals surface area contributed by atoms with Crippen molar-refractivity contribution in [2.45, 2.75) is 50.2 Å². The van der Waals surface area contributed by atoms with Crippen LogP contribution in [-0.2, 0) is 5.54 Å². The van der Waals surface area contributed by atoms with Crippen LogP contribution in [-0.4, -0.2) is 38.3 Å². The fraction of sp³-hybridized carbons (Fsp3) is 0.667. The molecule has 1 atom stereocenters. The standard InChI is InChI=1S/C18H28N2O2/c1-20-11-8-15(13-20)22-17-12-14(6-7-16(17)21-2)18(19)9-4-3-5-10-18/h6-7,12,15H,3-5,8-11,13,19H2,1-2H3. The molecule has 1 heterocycles. The maximum absolute atomic E-state index is 6.67. The van der Waals surface area contributed by atoms with Gasteiger partial charge in [-0.3, -0.25) is 0 Å². The van der Waals surface area contributed by atoms with E-state index in [1.165, 1.54) is 24.8 Å². The zero-order valence-electron chi connectivity index (χ0n) is 13.8. The van der Waals surface area contributed by atoms with Gasteiger partial charge in [-0.1, -0.05) is 25.3 Å². The zero-order valence-corrected chi connectivity index (χ0v) is 13.8. The number of nitrogens with zero attached hydrogens (tertiary/aromatic N) is 1. The Morgan fingerprint density at radius 2 is 1.95 bits per heavy atom. The molecule has 1 aliphatic heterocycles. The molecule has 0 amide bonds. The maximum Gasteiger partial charge on any atom is 0.161 e. The average Bonchev–Trinajstić information content (AvgIpc) is 2.93. The van der Waals surface area contributed by atoms with Gasteiger partial charge in [0.05, 0.1) is 7.11 Å². The molecule has 1 unspecified atom stereocenters. The van der Waals surface area contributed by atoms with Crippen LogP contribution < -0.4 is 15.2 Å². The Labute approximate surface area is 133 Å². The van der Waals surface area contributed by atoms with Gasteiger partial charge in [0.2, 0.25) is 0 Å². The van der Waals surface area contributed by atoms with Crippen molar-refractivity contribution in [1.29, 1.82) is 0 Å². The van der Waals surface area contributed by atoms with Gasteiger partial charge >= 0.3 is 0 Å². The minimum absolute atomic E-state index is 0.199. The van der Waals surface area contributed by atoms with E-state index in [9.17, 15) is 0 Å². The summed E-state index contributed by atoms with van der Waals surface area (Å²) in [6.45, 7) is 2.06. The van der Waals surface area contributed by atoms with Crippen molar-refractivity contribution in [3.05, 3.63) is 23.8 Å². The highest BCUT2D eigenvalue weighted by atomic mass is 16.5. The van der Waals surface area contributed by atoms with E-state index >= 15 is 0 Å². The molecule has 0 radical (unpaired) electrons. The molecule has 0 bridgehead atoms. The predicted molar refractivity (Wildman–Crippen MR) is 88.5 cm³/mol. The van der Waals surface area contributed by atoms with Gasteiger partial charge < -0.3 is 20.1 Å². The lowest BCUT2D eigenvalue weighted by Gasteiger charge is -2.34. The van der Waals surface area contributed by atoms with E-state index in [2.05, 4.69) is 24.1 Å². The maximum atomic E-state index is 6.67. The first kappa shape index (κ1) is 15.6. The average molecular weight is 304 g/mol. The second kappa shape index (κ2) is 6.47. The molecule has 2 aliphatic rings. The summed E-state index contributed by atoms with van der Waals surface area (Å²) in [6, 6.07) is 6.23. The molecule has 1 saturated carbocycles. The van der Waals surface area contributed by atoms with Gasteiger partial charge in [-0.05, 0) is 44.0 Å². The highest BCUT2D eigenvalue weighted by Crippen LogP contribution is 2.39. The van der Waals surface area contributed by atoms with Crippen LogP contribution in [0.25, 0.3) is 0 Å². The van der Waals surface area contributed by atoms with Crippen LogP contribution in [0.4, 0.5) is 0 Å². The fourth-order valence-electron chi connectivity index (χ4n) is 3.72. The van der Waals surface area contributed by atoms with Crippen LogP contribution >= 0.6 is 0 Å². The van der Waals surface area contributed by atoms with Crippen molar-refractivity contribution < 1.29 is 9.47 Å². The Hall–Kier alpha value is -1.26. The minimum Gasteiger partial charge on any atom is -0.493 e. The number of ether oxygens (including phenoxy) is 2. The van der Waals surface area contributed by atoms with E-state index < -0.39 is 0 Å². The Balaban J connectivity index is 1.82. The fourth-order valence-corrected chi connectivity index (χ4v) is 3.72. The van der Waals surface area contributed by atoms with Crippen LogP contribution in [0.5, 0.6) is 11.5 Å². The highest BCUT2D eigenvalue weighted by molar-refractivity contribution is 5.45. The number of hydrogen-bond acceptors (Lipinski definition) is 4. The number of methoxy groups -OCH3 is 1. The first-order valence-electron chi connectivity index (χ1n) is 8.43. The molecular formula is C18H28N2O2. The van der Waals surface area contributed by atoms with Crippen LogP contribution in [0.15, 0.2) is 18.2 Å². The summed E-state index contributed by atoms with van der Waals surface area (Å²) < 4.78 is 11.7. The second-order valence-electron chi connectivity index (χ2n) is 6.87. The summed E-state index contributed by atoms with van der Waals surface area (Å²) >= 11 is 0. The molecule has 3 rings (SSSR count). The molecular weight excluding hydrogens is 276 g/mol. The van der Waals surface area contributed by atoms with Crippen LogP contribution in [0, 0.1) is 0 Å². The summed E-state index contributed by atoms with van der Waals surface area (Å²) in [5, 5.41) is 0. The molecule has 22 heavy (non-hydrogen) atoms. The van der Waals surface area contributed by atoms with Gasteiger partial charge in [-0.25, -0.2) is 0 Å². The lowest BCUT2D eigenvalue weighted by molar-refractivity contribution is 0.198. The molecule has 2 N–H and O–H groups in total. The van der Waals surface area contributed by atoms with Gasteiger partial charge in [0.1, 0.15) is 6.10 Å². The lowest BCUT2D eigenvalue weighted by Crippen LogP contribution is -2.38. The first-order valence-corrected chi connectivity index (χ1v) is 8.43. The molecule has 1 aromatic carbocycles. The largest absolute Gasteiger partial charge is 0.493 e. The van der Waals surface area contributed by atoms with Crippen LogP contribution in [0.3, 0.4) is 0 Å². The van der Waals surface area contributed by atoms with E-state index in [1.54, 1.807) is 7.11 Å². The SMILES string of the molecule is COc1ccc(C2(N)CCCCC2)cc1OC1CCN(C)C1. The lowest BCUT2D eigenvalue weighted by atomic mass is 9.77. The Kier molecular flexibility index (Phi) is 4.59. The minimum atomic E-state index is -0.199. The number of benzene rings is 1. The van der Waals surface area contributed by atoms with Crippen molar-refractivity contribution in [1.82, 2.24) is 4.90 Å². The molecule has 4 heteroatoms. The topological polar surface area (TPSA) is 47.7 Å². The molecule has 2 fully saturated rings. The summed E-state index contributed by atoms with van der Waals surface area (Å²) in [7, 11) is 3.83. The molecule has 1 aliphatic carbocycles. The van der Waals surface area contributed by atoms with Crippen LogP contribution in [0.2, 0.25) is 0 Å². The summed E-state index contributed by atoms with van der Waals surface area (Å²) in [5.74, 6) is 1.65. The van der Waals surface area contributed by atoms with Gasteiger partial charge in [0.15, 0.2) is 11.5 Å². The smallest absolute Gasteiger partial charge is 0.161 e. The molecule has 122 valence electrons. The normalized spacial score (nSPS) is 25.1. The Bertz CT molecular complexity index is 512. The third-order valence-corrected chi connectivity index (χ3v) is 5.13. The van der Waals surface area contributed by atoms with E-state index in [0.29, 0.717) is 0 Å². The number of rotatable bonds is 4. The molecule has 0 aromatic heterocycles. The van der Waals surface area contributed by atoms with E-state index in [1.807, 2.05) is 6.07 Å². The Morgan fingerprint density at radius 1 is 1.18 bits per heavy atom. The Morgan fingerprint density at radius 3 is 2.59 bits per heavy atom. The highest BCUT2D eigenvalue weighted by Gasteiger charge is 2.31. The predicted octanol–water partition coefficient (Wildman–Crippen LogP) is 2.90. The molecule has 0 spiro atoms. The summed E-state index contributed by atoms with van der Waals surface area (Å²) in [6.07, 6.45) is 7.16. The molecule has 1 saturated heterocycles. The van der Waals surface area contributed by atoms with E-state index in [0.717, 1.165) is 43.9 Å². The summed E-state index contributed by atoms with van der Waals surface area (Å²) in [4.78, 5) is 2.30. The number of nitrogens with two attached hydrogens (primary N) is 1. The number of likely N-dealkylation sites (N-methyl/N-ethyl adjacent to an activating group) is 1. The zero-order chi connectivity index (χ0) is 15.6. The monoisotopic (exact) mass is 304 g/mol. The van der Waals surface area contributed by atoms with Crippen molar-refractivity contribution in [2.75, 3.05) is 27.2 Å². The van der Waals surface area contributed by atoms with Gasteiger partial charge in [-0.15, -0.1) is 0 Å². The van der Waals surface area contributed by atoms with Crippen molar-refractivity contribution in [3.63, 3.8) is 0 Å². The van der Waals surface area contributed by atoms with Crippen molar-refractivity contribution >= 4 is 0 Å². The number of hydrogen-bond donors (Lipinski definition) is 1. The van der Waals surface area contributed by atoms with E-state index in [-0.39, 0.29) is 11.6 Å². The second-order valence-corrected chi connectivity index (χ2v) is 6.87. The molecule has 1 aromatic rings. The van der Waals surface area contributed by atoms with Gasteiger partial charge in [-0.2, -0.15) is 0 Å². The number of likely N-dealkylation sites (tertiary alicyclic amines) is 1.